The number of nitrogens with two attached hydrogens (primary N) is 1. The maximum Gasteiger partial charge on any atom is 0.273 e. The highest BCUT2D eigenvalue weighted by Crippen LogP contribution is 2.35. The standard InChI is InChI=1S/C30H30N6O5S/c31-30-33-24-12-11-19(16-23(24)27(34-30)29(39)35-17-20-6-1-2-7-21(20)18-35)22-8-3-4-10-26(22)42(40,41)36-14-5-9-25(36)28(38)32-13-15-37/h1-4,6-8,10-12,16,25,37H,5,9,13-15,17-18H2,(H,32,38)(H2,31,33,34). The minimum absolute atomic E-state index is 0.0298. The Morgan fingerprint density at radius 3 is 2.45 bits per heavy atom. The number of rotatable bonds is 7. The molecule has 0 radical (unpaired) electrons. The number of aliphatic hydroxyl groups excluding tert-OH is 1. The molecule has 42 heavy (non-hydrogen) atoms. The zero-order chi connectivity index (χ0) is 29.4. The first-order chi connectivity index (χ1) is 20.3. The summed E-state index contributed by atoms with van der Waals surface area (Å²) in [5.41, 5.74) is 9.71. The molecular weight excluding hydrogens is 556 g/mol. The molecule has 1 aromatic heterocycles. The van der Waals surface area contributed by atoms with Crippen LogP contribution in [0.4, 0.5) is 5.95 Å². The number of aliphatic hydroxyl groups is 1. The summed E-state index contributed by atoms with van der Waals surface area (Å²) in [7, 11) is -4.08. The van der Waals surface area contributed by atoms with Crippen molar-refractivity contribution in [1.82, 2.24) is 24.5 Å². The van der Waals surface area contributed by atoms with E-state index in [1.165, 1.54) is 10.4 Å². The average Bonchev–Trinajstić information content (AvgIpc) is 3.67. The van der Waals surface area contributed by atoms with Crippen molar-refractivity contribution in [2.75, 3.05) is 25.4 Å². The van der Waals surface area contributed by atoms with Crippen LogP contribution >= 0.6 is 0 Å². The van der Waals surface area contributed by atoms with Gasteiger partial charge in [0.05, 0.1) is 17.0 Å². The van der Waals surface area contributed by atoms with Crippen molar-refractivity contribution < 1.29 is 23.1 Å². The summed E-state index contributed by atoms with van der Waals surface area (Å²) in [4.78, 5) is 36.8. The molecule has 1 unspecified atom stereocenters. The van der Waals surface area contributed by atoms with E-state index in [9.17, 15) is 18.0 Å². The average molecular weight is 587 g/mol. The molecule has 0 saturated carbocycles. The summed E-state index contributed by atoms with van der Waals surface area (Å²) in [6, 6.07) is 18.7. The van der Waals surface area contributed by atoms with Gasteiger partial charge in [0.15, 0.2) is 0 Å². The molecule has 1 saturated heterocycles. The van der Waals surface area contributed by atoms with E-state index in [0.29, 0.717) is 48.0 Å². The molecule has 216 valence electrons. The zero-order valence-electron chi connectivity index (χ0n) is 22.7. The molecule has 1 fully saturated rings. The number of hydrogen-bond donors (Lipinski definition) is 3. The van der Waals surface area contributed by atoms with Gasteiger partial charge in [-0.2, -0.15) is 4.31 Å². The number of nitrogens with one attached hydrogen (secondary N) is 1. The maximum absolute atomic E-state index is 14.0. The lowest BCUT2D eigenvalue weighted by atomic mass is 10.0. The fourth-order valence-electron chi connectivity index (χ4n) is 5.75. The van der Waals surface area contributed by atoms with Crippen LogP contribution in [0, 0.1) is 0 Å². The number of carbonyl (C=O) groups is 2. The van der Waals surface area contributed by atoms with Gasteiger partial charge in [0.2, 0.25) is 21.9 Å². The SMILES string of the molecule is Nc1nc(C(=O)N2Cc3ccccc3C2)c2cc(-c3ccccc3S(=O)(=O)N3CCCC3C(=O)NCCO)ccc2n1. The van der Waals surface area contributed by atoms with Crippen molar-refractivity contribution >= 4 is 38.7 Å². The van der Waals surface area contributed by atoms with Gasteiger partial charge in [-0.25, -0.2) is 18.4 Å². The zero-order valence-corrected chi connectivity index (χ0v) is 23.5. The van der Waals surface area contributed by atoms with Crippen LogP contribution in [-0.2, 0) is 27.9 Å². The van der Waals surface area contributed by atoms with E-state index in [1.807, 2.05) is 24.3 Å². The van der Waals surface area contributed by atoms with E-state index < -0.39 is 22.0 Å². The monoisotopic (exact) mass is 586 g/mol. The van der Waals surface area contributed by atoms with Gasteiger partial charge < -0.3 is 21.1 Å². The molecule has 0 spiro atoms. The highest BCUT2D eigenvalue weighted by molar-refractivity contribution is 7.89. The Morgan fingerprint density at radius 1 is 1.00 bits per heavy atom. The Morgan fingerprint density at radius 2 is 1.71 bits per heavy atom. The van der Waals surface area contributed by atoms with Gasteiger partial charge in [0, 0.05) is 37.1 Å². The second-order valence-corrected chi connectivity index (χ2v) is 12.2. The van der Waals surface area contributed by atoms with E-state index in [2.05, 4.69) is 15.3 Å². The van der Waals surface area contributed by atoms with Gasteiger partial charge in [-0.3, -0.25) is 9.59 Å². The minimum Gasteiger partial charge on any atom is -0.395 e. The Kier molecular flexibility index (Phi) is 7.35. The number of hydrogen-bond acceptors (Lipinski definition) is 8. The molecule has 6 rings (SSSR count). The van der Waals surface area contributed by atoms with E-state index in [0.717, 1.165) is 11.1 Å². The molecule has 1 atom stereocenters. The second-order valence-electron chi connectivity index (χ2n) is 10.4. The molecule has 0 aliphatic carbocycles. The van der Waals surface area contributed by atoms with Gasteiger partial charge in [0.25, 0.3) is 5.91 Å². The van der Waals surface area contributed by atoms with Crippen molar-refractivity contribution in [3.8, 4) is 11.1 Å². The molecule has 3 heterocycles. The number of amides is 2. The highest BCUT2D eigenvalue weighted by Gasteiger charge is 2.40. The van der Waals surface area contributed by atoms with Crippen LogP contribution in [0.25, 0.3) is 22.0 Å². The molecule has 11 nitrogen and oxygen atoms in total. The third kappa shape index (κ3) is 4.97. The Balaban J connectivity index is 1.39. The number of benzene rings is 3. The molecular formula is C30H30N6O5S. The summed E-state index contributed by atoms with van der Waals surface area (Å²) in [5.74, 6) is -0.759. The van der Waals surface area contributed by atoms with Gasteiger partial charge in [-0.05, 0) is 47.7 Å². The number of anilines is 1. The van der Waals surface area contributed by atoms with Crippen LogP contribution in [0.1, 0.15) is 34.5 Å². The Bertz CT molecular complexity index is 1790. The van der Waals surface area contributed by atoms with Gasteiger partial charge in [-0.15, -0.1) is 0 Å². The normalized spacial score (nSPS) is 17.0. The van der Waals surface area contributed by atoms with Crippen molar-refractivity contribution in [1.29, 1.82) is 0 Å². The fraction of sp³-hybridized carbons (Fsp3) is 0.267. The van der Waals surface area contributed by atoms with E-state index in [1.54, 1.807) is 41.3 Å². The Hall–Kier alpha value is -4.39. The predicted molar refractivity (Wildman–Crippen MR) is 156 cm³/mol. The molecule has 12 heteroatoms. The Labute approximate surface area is 243 Å². The van der Waals surface area contributed by atoms with Gasteiger partial charge in [0.1, 0.15) is 11.7 Å². The first-order valence-corrected chi connectivity index (χ1v) is 15.1. The fourth-order valence-corrected chi connectivity index (χ4v) is 7.62. The van der Waals surface area contributed by atoms with Crippen LogP contribution in [0.3, 0.4) is 0 Å². The lowest BCUT2D eigenvalue weighted by molar-refractivity contribution is -0.124. The molecule has 4 N–H and O–H groups in total. The molecule has 0 bridgehead atoms. The van der Waals surface area contributed by atoms with Gasteiger partial charge in [-0.1, -0.05) is 48.5 Å². The number of nitrogens with zero attached hydrogens (tertiary/aromatic N) is 4. The lowest BCUT2D eigenvalue weighted by Gasteiger charge is -2.24. The molecule has 3 aromatic carbocycles. The molecule has 2 aliphatic rings. The number of carbonyl (C=O) groups excluding carboxylic acids is 2. The largest absolute Gasteiger partial charge is 0.395 e. The third-order valence-electron chi connectivity index (χ3n) is 7.75. The maximum atomic E-state index is 14.0. The highest BCUT2D eigenvalue weighted by atomic mass is 32.2. The predicted octanol–water partition coefficient (Wildman–Crippen LogP) is 2.30. The number of fused-ring (bicyclic) bond motifs is 2. The van der Waals surface area contributed by atoms with Crippen molar-refractivity contribution in [3.63, 3.8) is 0 Å². The number of aromatic nitrogens is 2. The van der Waals surface area contributed by atoms with Crippen LogP contribution in [0.15, 0.2) is 71.6 Å². The molecule has 4 aromatic rings. The first-order valence-electron chi connectivity index (χ1n) is 13.7. The number of nitrogen functional groups attached to an aromatic ring is 1. The van der Waals surface area contributed by atoms with Crippen LogP contribution in [0.2, 0.25) is 0 Å². The second kappa shape index (κ2) is 11.1. The summed E-state index contributed by atoms with van der Waals surface area (Å²) in [5, 5.41) is 12.1. The lowest BCUT2D eigenvalue weighted by Crippen LogP contribution is -2.46. The summed E-state index contributed by atoms with van der Waals surface area (Å²) < 4.78 is 29.2. The molecule has 2 aliphatic heterocycles. The van der Waals surface area contributed by atoms with Crippen LogP contribution < -0.4 is 11.1 Å². The van der Waals surface area contributed by atoms with E-state index in [-0.39, 0.29) is 42.1 Å². The van der Waals surface area contributed by atoms with Crippen LogP contribution in [0.5, 0.6) is 0 Å². The summed E-state index contributed by atoms with van der Waals surface area (Å²) in [6.07, 6.45) is 0.929. The first kappa shape index (κ1) is 27.8. The summed E-state index contributed by atoms with van der Waals surface area (Å²) >= 11 is 0. The van der Waals surface area contributed by atoms with E-state index in [4.69, 9.17) is 10.8 Å². The van der Waals surface area contributed by atoms with E-state index >= 15 is 0 Å². The molecule has 2 amide bonds. The topological polar surface area (TPSA) is 159 Å². The van der Waals surface area contributed by atoms with Crippen molar-refractivity contribution in [2.45, 2.75) is 36.9 Å². The van der Waals surface area contributed by atoms with Crippen molar-refractivity contribution in [2.24, 2.45) is 0 Å². The summed E-state index contributed by atoms with van der Waals surface area (Å²) in [6.45, 7) is 0.915. The van der Waals surface area contributed by atoms with Crippen LogP contribution in [-0.4, -0.2) is 70.3 Å². The van der Waals surface area contributed by atoms with Gasteiger partial charge >= 0.3 is 0 Å². The quantitative estimate of drug-likeness (QED) is 0.298. The smallest absolute Gasteiger partial charge is 0.273 e. The minimum atomic E-state index is -4.08. The third-order valence-corrected chi connectivity index (χ3v) is 9.71. The van der Waals surface area contributed by atoms with Crippen molar-refractivity contribution in [3.05, 3.63) is 83.6 Å². The number of sulfonamides is 1.